The summed E-state index contributed by atoms with van der Waals surface area (Å²) in [6, 6.07) is 71.8. The number of nitrogens with zero attached hydrogens (tertiary/aromatic N) is 4. The van der Waals surface area contributed by atoms with Gasteiger partial charge in [0.05, 0.1) is 16.4 Å². The molecular formula is C59H42N4. The van der Waals surface area contributed by atoms with E-state index in [0.29, 0.717) is 23.4 Å². The minimum absolute atomic E-state index is 0.205. The first kappa shape index (κ1) is 36.9. The lowest BCUT2D eigenvalue weighted by atomic mass is 9.60. The third-order valence-electron chi connectivity index (χ3n) is 13.3. The SMILES string of the molecule is CC1C=CC=CC1C1(c2ccccc2)c2ccccc2-c2c1ccc1c3ccccc3n(-c3cccc(-c4nc(-c5ccccc5)nc(-c5cccc(-c6ccccc6)c5)n4)c3)c21. The van der Waals surface area contributed by atoms with Gasteiger partial charge in [-0.3, -0.25) is 0 Å². The number of hydrogen-bond acceptors (Lipinski definition) is 3. The third-order valence-corrected chi connectivity index (χ3v) is 13.3. The van der Waals surface area contributed by atoms with Gasteiger partial charge in [0.2, 0.25) is 0 Å². The first-order valence-corrected chi connectivity index (χ1v) is 21.8. The summed E-state index contributed by atoms with van der Waals surface area (Å²) >= 11 is 0. The second-order valence-corrected chi connectivity index (χ2v) is 16.8. The van der Waals surface area contributed by atoms with Gasteiger partial charge >= 0.3 is 0 Å². The fourth-order valence-corrected chi connectivity index (χ4v) is 10.5. The third kappa shape index (κ3) is 5.86. The zero-order valence-electron chi connectivity index (χ0n) is 34.8. The fourth-order valence-electron chi connectivity index (χ4n) is 10.5. The van der Waals surface area contributed by atoms with E-state index in [4.69, 9.17) is 15.0 Å². The maximum Gasteiger partial charge on any atom is 0.164 e. The molecule has 3 atom stereocenters. The van der Waals surface area contributed by atoms with Crippen LogP contribution in [-0.4, -0.2) is 19.5 Å². The molecule has 4 heteroatoms. The Balaban J connectivity index is 1.10. The van der Waals surface area contributed by atoms with E-state index >= 15 is 0 Å². The lowest BCUT2D eigenvalue weighted by molar-refractivity contribution is 0.374. The van der Waals surface area contributed by atoms with E-state index in [9.17, 15) is 0 Å². The smallest absolute Gasteiger partial charge is 0.164 e. The number of fused-ring (bicyclic) bond motifs is 7. The fraction of sp³-hybridized carbons (Fsp3) is 0.0678. The first-order chi connectivity index (χ1) is 31.2. The highest BCUT2D eigenvalue weighted by Gasteiger charge is 2.51. The lowest BCUT2D eigenvalue weighted by Gasteiger charge is -2.42. The molecule has 10 aromatic rings. The van der Waals surface area contributed by atoms with Gasteiger partial charge in [0, 0.05) is 44.6 Å². The van der Waals surface area contributed by atoms with Crippen LogP contribution in [0.4, 0.5) is 0 Å². The highest BCUT2D eigenvalue weighted by Crippen LogP contribution is 2.60. The zero-order valence-corrected chi connectivity index (χ0v) is 34.8. The average Bonchev–Trinajstić information content (AvgIpc) is 3.86. The van der Waals surface area contributed by atoms with E-state index in [1.165, 1.54) is 44.1 Å². The molecule has 0 aliphatic heterocycles. The summed E-state index contributed by atoms with van der Waals surface area (Å²) in [7, 11) is 0. The second kappa shape index (κ2) is 14.9. The lowest BCUT2D eigenvalue weighted by Crippen LogP contribution is -2.38. The van der Waals surface area contributed by atoms with Crippen LogP contribution in [0.1, 0.15) is 23.6 Å². The molecule has 2 aromatic heterocycles. The van der Waals surface area contributed by atoms with Crippen LogP contribution in [0.5, 0.6) is 0 Å². The van der Waals surface area contributed by atoms with Crippen molar-refractivity contribution < 1.29 is 0 Å². The van der Waals surface area contributed by atoms with Crippen molar-refractivity contribution in [3.05, 3.63) is 241 Å². The molecule has 3 unspecified atom stereocenters. The molecule has 63 heavy (non-hydrogen) atoms. The molecule has 8 aromatic carbocycles. The Morgan fingerprint density at radius 2 is 1.03 bits per heavy atom. The van der Waals surface area contributed by atoms with Gasteiger partial charge in [0.25, 0.3) is 0 Å². The highest BCUT2D eigenvalue weighted by atomic mass is 15.0. The summed E-state index contributed by atoms with van der Waals surface area (Å²) in [5, 5.41) is 2.45. The minimum Gasteiger partial charge on any atom is -0.309 e. The van der Waals surface area contributed by atoms with Crippen molar-refractivity contribution in [2.24, 2.45) is 11.8 Å². The molecule has 0 saturated carbocycles. The van der Waals surface area contributed by atoms with Gasteiger partial charge in [-0.05, 0) is 63.6 Å². The average molecular weight is 807 g/mol. The summed E-state index contributed by atoms with van der Waals surface area (Å²) in [5.41, 5.74) is 14.6. The molecule has 0 saturated heterocycles. The van der Waals surface area contributed by atoms with Crippen molar-refractivity contribution >= 4 is 21.8 Å². The van der Waals surface area contributed by atoms with Gasteiger partial charge in [-0.25, -0.2) is 15.0 Å². The number of allylic oxidation sites excluding steroid dienone is 4. The topological polar surface area (TPSA) is 43.6 Å². The Bertz CT molecular complexity index is 3420. The molecular weight excluding hydrogens is 765 g/mol. The van der Waals surface area contributed by atoms with Crippen molar-refractivity contribution in [1.29, 1.82) is 0 Å². The summed E-state index contributed by atoms with van der Waals surface area (Å²) in [6.07, 6.45) is 9.26. The van der Waals surface area contributed by atoms with E-state index in [2.05, 4.69) is 212 Å². The van der Waals surface area contributed by atoms with Crippen LogP contribution in [0, 0.1) is 11.8 Å². The molecule has 2 aliphatic rings. The van der Waals surface area contributed by atoms with Gasteiger partial charge < -0.3 is 4.57 Å². The maximum absolute atomic E-state index is 5.24. The Morgan fingerprint density at radius 3 is 1.79 bits per heavy atom. The van der Waals surface area contributed by atoms with Crippen molar-refractivity contribution in [2.75, 3.05) is 0 Å². The van der Waals surface area contributed by atoms with E-state index in [0.717, 1.165) is 39.0 Å². The molecule has 0 amide bonds. The normalized spacial score (nSPS) is 17.5. The number of hydrogen-bond donors (Lipinski definition) is 0. The molecule has 12 rings (SSSR count). The molecule has 4 nitrogen and oxygen atoms in total. The Morgan fingerprint density at radius 1 is 0.444 bits per heavy atom. The van der Waals surface area contributed by atoms with Gasteiger partial charge in [-0.15, -0.1) is 0 Å². The molecule has 0 radical (unpaired) electrons. The molecule has 0 N–H and O–H groups in total. The Labute approximate surface area is 367 Å². The van der Waals surface area contributed by atoms with Crippen LogP contribution in [-0.2, 0) is 5.41 Å². The Hall–Kier alpha value is -7.95. The summed E-state index contributed by atoms with van der Waals surface area (Å²) in [6.45, 7) is 2.37. The van der Waals surface area contributed by atoms with Crippen molar-refractivity contribution in [1.82, 2.24) is 19.5 Å². The molecule has 0 spiro atoms. The molecule has 0 fully saturated rings. The summed E-state index contributed by atoms with van der Waals surface area (Å²) in [5.74, 6) is 2.41. The molecule has 298 valence electrons. The number of aromatic nitrogens is 4. The first-order valence-electron chi connectivity index (χ1n) is 21.8. The summed E-state index contributed by atoms with van der Waals surface area (Å²) in [4.78, 5) is 15.5. The monoisotopic (exact) mass is 806 g/mol. The molecule has 0 bridgehead atoms. The predicted octanol–water partition coefficient (Wildman–Crippen LogP) is 14.3. The van der Waals surface area contributed by atoms with Crippen molar-refractivity contribution in [3.8, 4) is 62.1 Å². The highest BCUT2D eigenvalue weighted by molar-refractivity contribution is 6.16. The van der Waals surface area contributed by atoms with Gasteiger partial charge in [-0.1, -0.05) is 207 Å². The van der Waals surface area contributed by atoms with Crippen LogP contribution < -0.4 is 0 Å². The van der Waals surface area contributed by atoms with Crippen LogP contribution in [0.3, 0.4) is 0 Å². The van der Waals surface area contributed by atoms with E-state index < -0.39 is 5.41 Å². The van der Waals surface area contributed by atoms with E-state index in [1.54, 1.807) is 0 Å². The largest absolute Gasteiger partial charge is 0.309 e. The van der Waals surface area contributed by atoms with Crippen molar-refractivity contribution in [3.63, 3.8) is 0 Å². The van der Waals surface area contributed by atoms with E-state index in [1.807, 2.05) is 24.3 Å². The maximum atomic E-state index is 5.24. The number of benzene rings is 8. The zero-order chi connectivity index (χ0) is 41.9. The van der Waals surface area contributed by atoms with Crippen LogP contribution in [0.15, 0.2) is 224 Å². The van der Waals surface area contributed by atoms with Gasteiger partial charge in [0.15, 0.2) is 17.5 Å². The van der Waals surface area contributed by atoms with Crippen LogP contribution in [0.25, 0.3) is 83.9 Å². The van der Waals surface area contributed by atoms with Crippen LogP contribution in [0.2, 0.25) is 0 Å². The van der Waals surface area contributed by atoms with Crippen molar-refractivity contribution in [2.45, 2.75) is 12.3 Å². The summed E-state index contributed by atoms with van der Waals surface area (Å²) < 4.78 is 2.48. The quantitative estimate of drug-likeness (QED) is 0.161. The van der Waals surface area contributed by atoms with Crippen LogP contribution >= 0.6 is 0 Å². The minimum atomic E-state index is -0.405. The molecule has 2 aliphatic carbocycles. The van der Waals surface area contributed by atoms with E-state index in [-0.39, 0.29) is 5.92 Å². The standard InChI is InChI=1S/C59H42N4/c1-39-19-11-14-32-50(39)59(45-27-9-4-10-28-45)51-33-15-12-31-49(51)54-52(59)36-35-48-47-30-13-16-34-53(47)63(55(48)54)46-29-18-26-44(38-46)58-61-56(41-22-7-3-8-23-41)60-57(62-58)43-25-17-24-42(37-43)40-20-5-2-6-21-40/h2-39,50H,1H3. The number of rotatable bonds is 7. The van der Waals surface area contributed by atoms with Gasteiger partial charge in [-0.2, -0.15) is 0 Å². The number of para-hydroxylation sites is 1. The van der Waals surface area contributed by atoms with Gasteiger partial charge in [0.1, 0.15) is 0 Å². The Kier molecular flexibility index (Phi) is 8.72. The predicted molar refractivity (Wildman–Crippen MR) is 259 cm³/mol. The second-order valence-electron chi connectivity index (χ2n) is 16.8. The molecule has 2 heterocycles.